The lowest BCUT2D eigenvalue weighted by Crippen LogP contribution is -2.33. The summed E-state index contributed by atoms with van der Waals surface area (Å²) in [4.78, 5) is 10.3. The summed E-state index contributed by atoms with van der Waals surface area (Å²) >= 11 is 0. The van der Waals surface area contributed by atoms with Crippen LogP contribution in [0.5, 0.6) is 0 Å². The number of aryl methyl sites for hydroxylation is 1. The van der Waals surface area contributed by atoms with E-state index in [0.717, 1.165) is 83.5 Å². The zero-order chi connectivity index (χ0) is 38.3. The monoisotopic (exact) mass is 745 g/mol. The predicted octanol–water partition coefficient (Wildman–Crippen LogP) is 12.6. The lowest BCUT2D eigenvalue weighted by Gasteiger charge is -2.24. The van der Waals surface area contributed by atoms with Crippen LogP contribution >= 0.6 is 0 Å². The molecule has 12 rings (SSSR count). The van der Waals surface area contributed by atoms with Crippen molar-refractivity contribution >= 4 is 77.2 Å². The molecule has 1 aliphatic rings. The summed E-state index contributed by atoms with van der Waals surface area (Å²) in [6.45, 7) is 2.17. The summed E-state index contributed by atoms with van der Waals surface area (Å²) in [7, 11) is 0. The smallest absolute Gasteiger partial charge is 0.162 e. The Morgan fingerprint density at radius 2 is 1.12 bits per heavy atom. The molecule has 1 aliphatic heterocycles. The van der Waals surface area contributed by atoms with Gasteiger partial charge in [-0.3, -0.25) is 0 Å². The van der Waals surface area contributed by atoms with Crippen molar-refractivity contribution in [3.8, 4) is 11.4 Å². The van der Waals surface area contributed by atoms with Crippen molar-refractivity contribution in [2.75, 3.05) is 0 Å². The van der Waals surface area contributed by atoms with Crippen molar-refractivity contribution < 1.29 is 4.42 Å². The van der Waals surface area contributed by atoms with Crippen molar-refractivity contribution in [1.29, 1.82) is 0 Å². The minimum atomic E-state index is -0.275. The molecule has 0 aliphatic carbocycles. The van der Waals surface area contributed by atoms with Crippen LogP contribution in [0.4, 0.5) is 0 Å². The maximum absolute atomic E-state index is 7.00. The van der Waals surface area contributed by atoms with Gasteiger partial charge in [0.05, 0.1) is 27.5 Å². The molecule has 0 saturated carbocycles. The van der Waals surface area contributed by atoms with Crippen LogP contribution in [0.15, 0.2) is 196 Å². The fraction of sp³-hybridized carbons (Fsp3) is 0.0385. The van der Waals surface area contributed by atoms with Crippen LogP contribution in [-0.4, -0.2) is 20.8 Å². The van der Waals surface area contributed by atoms with E-state index in [1.165, 1.54) is 21.5 Å². The van der Waals surface area contributed by atoms with Crippen LogP contribution in [0.1, 0.15) is 28.4 Å². The molecule has 1 unspecified atom stereocenters. The van der Waals surface area contributed by atoms with Crippen molar-refractivity contribution in [3.63, 3.8) is 0 Å². The molecule has 0 saturated heterocycles. The molecule has 0 fully saturated rings. The Kier molecular flexibility index (Phi) is 7.10. The van der Waals surface area contributed by atoms with Gasteiger partial charge in [0.1, 0.15) is 17.6 Å². The van der Waals surface area contributed by atoms with Crippen LogP contribution in [-0.2, 0) is 0 Å². The standard InChI is InChI=1S/C52H35N5O/c1-32-31-36(29-30-37(32)52-54-50(33-17-5-2-6-18-33)53-51(55-52)34-19-7-3-8-20-34)57-42-27-15-11-23-38(42)44-45-39-24-12-14-26-41(39)56(35-21-9-4-10-22-35)48(45)49-46(47(44)57)40-25-13-16-28-43(40)58-49/h2-31,50H,1H3,(H,53,54,55). The van der Waals surface area contributed by atoms with Gasteiger partial charge in [-0.25, -0.2) is 9.98 Å². The third kappa shape index (κ3) is 4.78. The van der Waals surface area contributed by atoms with Gasteiger partial charge in [-0.05, 0) is 66.6 Å². The van der Waals surface area contributed by atoms with Gasteiger partial charge in [0.25, 0.3) is 0 Å². The first-order valence-electron chi connectivity index (χ1n) is 19.7. The van der Waals surface area contributed by atoms with E-state index in [1.54, 1.807) is 0 Å². The average molecular weight is 746 g/mol. The predicted molar refractivity (Wildman–Crippen MR) is 239 cm³/mol. The van der Waals surface area contributed by atoms with Gasteiger partial charge < -0.3 is 18.9 Å². The number of furan rings is 1. The fourth-order valence-corrected chi connectivity index (χ4v) is 9.15. The first-order valence-corrected chi connectivity index (χ1v) is 19.7. The highest BCUT2D eigenvalue weighted by Gasteiger charge is 2.28. The van der Waals surface area contributed by atoms with E-state index in [2.05, 4.69) is 179 Å². The molecule has 1 N–H and O–H groups in total. The lowest BCUT2D eigenvalue weighted by atomic mass is 10.0. The van der Waals surface area contributed by atoms with Gasteiger partial charge in [-0.2, -0.15) is 0 Å². The quantitative estimate of drug-likeness (QED) is 0.191. The molecule has 1 atom stereocenters. The van der Waals surface area contributed by atoms with E-state index in [4.69, 9.17) is 14.4 Å². The molecule has 0 amide bonds. The van der Waals surface area contributed by atoms with Crippen molar-refractivity contribution in [1.82, 2.24) is 14.5 Å². The van der Waals surface area contributed by atoms with Crippen LogP contribution in [0.2, 0.25) is 0 Å². The summed E-state index contributed by atoms with van der Waals surface area (Å²) < 4.78 is 11.8. The highest BCUT2D eigenvalue weighted by atomic mass is 16.3. The van der Waals surface area contributed by atoms with Gasteiger partial charge in [-0.1, -0.05) is 133 Å². The minimum absolute atomic E-state index is 0.275. The highest BCUT2D eigenvalue weighted by molar-refractivity contribution is 6.39. The Hall–Kier alpha value is -7.70. The second-order valence-electron chi connectivity index (χ2n) is 15.0. The van der Waals surface area contributed by atoms with E-state index in [0.29, 0.717) is 5.84 Å². The number of nitrogens with one attached hydrogen (secondary N) is 1. The summed E-state index contributed by atoms with van der Waals surface area (Å²) in [6, 6.07) is 64.0. The van der Waals surface area contributed by atoms with Crippen molar-refractivity contribution in [3.05, 3.63) is 204 Å². The Morgan fingerprint density at radius 1 is 0.534 bits per heavy atom. The van der Waals surface area contributed by atoms with Crippen LogP contribution in [0.3, 0.4) is 0 Å². The minimum Gasteiger partial charge on any atom is -0.454 e. The SMILES string of the molecule is Cc1cc(-n2c3ccccc3c3c4c5ccccc5n(-c5ccccc5)c4c4oc5ccccc5c4c32)ccc1C1=NC(c2ccccc2)NC(c2ccccc2)=N1. The number of rotatable bonds is 5. The molecular weight excluding hydrogens is 711 g/mol. The van der Waals surface area contributed by atoms with Gasteiger partial charge in [0.2, 0.25) is 0 Å². The van der Waals surface area contributed by atoms with Crippen molar-refractivity contribution in [2.45, 2.75) is 13.1 Å². The Balaban J connectivity index is 1.15. The number of para-hydroxylation sites is 4. The van der Waals surface area contributed by atoms with Crippen LogP contribution in [0, 0.1) is 6.92 Å². The number of hydrogen-bond acceptors (Lipinski definition) is 4. The number of benzene rings is 8. The summed E-state index contributed by atoms with van der Waals surface area (Å²) in [5.74, 6) is 1.51. The molecule has 6 heteroatoms. The van der Waals surface area contributed by atoms with Crippen LogP contribution in [0.25, 0.3) is 76.9 Å². The van der Waals surface area contributed by atoms with Gasteiger partial charge in [0.15, 0.2) is 11.4 Å². The summed E-state index contributed by atoms with van der Waals surface area (Å²) in [5, 5.41) is 10.6. The highest BCUT2D eigenvalue weighted by Crippen LogP contribution is 2.49. The molecule has 4 heterocycles. The number of hydrogen-bond donors (Lipinski definition) is 1. The molecule has 0 spiro atoms. The third-order valence-corrected chi connectivity index (χ3v) is 11.7. The average Bonchev–Trinajstić information content (AvgIpc) is 3.95. The van der Waals surface area contributed by atoms with E-state index < -0.39 is 0 Å². The molecule has 58 heavy (non-hydrogen) atoms. The fourth-order valence-electron chi connectivity index (χ4n) is 9.15. The Labute approximate surface area is 333 Å². The maximum atomic E-state index is 7.00. The third-order valence-electron chi connectivity index (χ3n) is 11.7. The molecule has 6 nitrogen and oxygen atoms in total. The molecule has 11 aromatic rings. The topological polar surface area (TPSA) is 59.8 Å². The normalized spacial score (nSPS) is 14.5. The summed E-state index contributed by atoms with van der Waals surface area (Å²) in [5.41, 5.74) is 12.6. The number of amidine groups is 2. The number of aliphatic imine (C=N–C) groups is 2. The van der Waals surface area contributed by atoms with Crippen LogP contribution < -0.4 is 5.32 Å². The second kappa shape index (κ2) is 12.7. The zero-order valence-electron chi connectivity index (χ0n) is 31.6. The number of fused-ring (bicyclic) bond motifs is 12. The number of aromatic nitrogens is 2. The molecule has 274 valence electrons. The summed E-state index contributed by atoms with van der Waals surface area (Å²) in [6.07, 6.45) is -0.275. The van der Waals surface area contributed by atoms with Gasteiger partial charge in [-0.15, -0.1) is 0 Å². The zero-order valence-corrected chi connectivity index (χ0v) is 31.6. The lowest BCUT2D eigenvalue weighted by molar-refractivity contribution is 0.671. The number of nitrogens with zero attached hydrogens (tertiary/aromatic N) is 4. The maximum Gasteiger partial charge on any atom is 0.162 e. The van der Waals surface area contributed by atoms with Crippen molar-refractivity contribution in [2.24, 2.45) is 9.98 Å². The van der Waals surface area contributed by atoms with E-state index in [-0.39, 0.29) is 6.17 Å². The van der Waals surface area contributed by atoms with E-state index in [1.807, 2.05) is 24.3 Å². The molecule has 0 bridgehead atoms. The largest absolute Gasteiger partial charge is 0.454 e. The first-order chi connectivity index (χ1) is 28.7. The molecule has 3 aromatic heterocycles. The van der Waals surface area contributed by atoms with Gasteiger partial charge in [0, 0.05) is 49.4 Å². The van der Waals surface area contributed by atoms with E-state index >= 15 is 0 Å². The molecule has 8 aromatic carbocycles. The molecule has 0 radical (unpaired) electrons. The van der Waals surface area contributed by atoms with Gasteiger partial charge >= 0.3 is 0 Å². The Morgan fingerprint density at radius 3 is 1.83 bits per heavy atom. The Bertz CT molecular complexity index is 3480. The van der Waals surface area contributed by atoms with E-state index in [9.17, 15) is 0 Å². The second-order valence-corrected chi connectivity index (χ2v) is 15.0. The molecular formula is C52H35N5O. The first kappa shape index (κ1) is 32.5.